The Morgan fingerprint density at radius 2 is 1.75 bits per heavy atom. The first kappa shape index (κ1) is 13.9. The average molecular weight is 228 g/mol. The fourth-order valence-electron chi connectivity index (χ4n) is 2.05. The van der Waals surface area contributed by atoms with Gasteiger partial charge in [0.05, 0.1) is 13.2 Å². The third-order valence-corrected chi connectivity index (χ3v) is 3.14. The molecule has 0 spiro atoms. The molecule has 0 aliphatic carbocycles. The summed E-state index contributed by atoms with van der Waals surface area (Å²) < 4.78 is 5.32. The van der Waals surface area contributed by atoms with Gasteiger partial charge in [0.2, 0.25) is 0 Å². The minimum Gasteiger partial charge on any atom is -0.379 e. The molecule has 1 fully saturated rings. The average Bonchev–Trinajstić information content (AvgIpc) is 2.34. The summed E-state index contributed by atoms with van der Waals surface area (Å²) in [6.45, 7) is 9.94. The smallest absolute Gasteiger partial charge is 0.0594 e. The van der Waals surface area contributed by atoms with Crippen molar-refractivity contribution in [3.8, 4) is 0 Å². The monoisotopic (exact) mass is 228 g/mol. The molecular formula is C13H28N2O. The molecule has 0 amide bonds. The summed E-state index contributed by atoms with van der Waals surface area (Å²) in [5, 5.41) is 3.53. The van der Waals surface area contributed by atoms with Crippen LogP contribution in [-0.4, -0.2) is 50.8 Å². The molecule has 0 bridgehead atoms. The van der Waals surface area contributed by atoms with E-state index >= 15 is 0 Å². The molecule has 0 aromatic rings. The summed E-state index contributed by atoms with van der Waals surface area (Å²) in [7, 11) is 0. The Morgan fingerprint density at radius 1 is 1.00 bits per heavy atom. The van der Waals surface area contributed by atoms with Gasteiger partial charge in [-0.25, -0.2) is 0 Å². The van der Waals surface area contributed by atoms with Gasteiger partial charge in [-0.15, -0.1) is 0 Å². The van der Waals surface area contributed by atoms with Crippen LogP contribution in [0, 0.1) is 0 Å². The van der Waals surface area contributed by atoms with E-state index in [1.165, 1.54) is 51.7 Å². The Hall–Kier alpha value is -0.120. The Kier molecular flexibility index (Phi) is 8.77. The van der Waals surface area contributed by atoms with Crippen molar-refractivity contribution < 1.29 is 4.74 Å². The molecule has 1 N–H and O–H groups in total. The standard InChI is InChI=1S/C13H28N2O/c1-2-3-4-5-7-14-8-6-9-15-10-12-16-13-11-15/h14H,2-13H2,1H3. The lowest BCUT2D eigenvalue weighted by Crippen LogP contribution is -2.37. The molecule has 3 nitrogen and oxygen atoms in total. The van der Waals surface area contributed by atoms with Gasteiger partial charge in [-0.3, -0.25) is 4.90 Å². The predicted molar refractivity (Wildman–Crippen MR) is 68.9 cm³/mol. The first-order valence-corrected chi connectivity index (χ1v) is 6.94. The highest BCUT2D eigenvalue weighted by molar-refractivity contribution is 4.62. The van der Waals surface area contributed by atoms with E-state index in [-0.39, 0.29) is 0 Å². The van der Waals surface area contributed by atoms with E-state index in [2.05, 4.69) is 17.1 Å². The van der Waals surface area contributed by atoms with Crippen molar-refractivity contribution in [2.45, 2.75) is 39.0 Å². The lowest BCUT2D eigenvalue weighted by Gasteiger charge is -2.26. The van der Waals surface area contributed by atoms with Gasteiger partial charge in [0, 0.05) is 13.1 Å². The number of unbranched alkanes of at least 4 members (excludes halogenated alkanes) is 3. The number of hydrogen-bond donors (Lipinski definition) is 1. The maximum Gasteiger partial charge on any atom is 0.0594 e. The maximum atomic E-state index is 5.32. The van der Waals surface area contributed by atoms with Crippen molar-refractivity contribution in [3.63, 3.8) is 0 Å². The molecule has 1 rings (SSSR count). The summed E-state index contributed by atoms with van der Waals surface area (Å²) in [4.78, 5) is 2.50. The number of rotatable bonds is 9. The van der Waals surface area contributed by atoms with Crippen molar-refractivity contribution in [2.24, 2.45) is 0 Å². The molecule has 0 aromatic carbocycles. The highest BCUT2D eigenvalue weighted by atomic mass is 16.5. The van der Waals surface area contributed by atoms with E-state index in [9.17, 15) is 0 Å². The number of ether oxygens (including phenoxy) is 1. The van der Waals surface area contributed by atoms with E-state index in [1.807, 2.05) is 0 Å². The van der Waals surface area contributed by atoms with Crippen LogP contribution in [0.15, 0.2) is 0 Å². The summed E-state index contributed by atoms with van der Waals surface area (Å²) in [6.07, 6.45) is 6.71. The zero-order chi connectivity index (χ0) is 11.5. The van der Waals surface area contributed by atoms with Crippen molar-refractivity contribution >= 4 is 0 Å². The molecule has 1 aliphatic heterocycles. The molecule has 0 saturated carbocycles. The fourth-order valence-corrected chi connectivity index (χ4v) is 2.05. The van der Waals surface area contributed by atoms with Crippen LogP contribution in [0.1, 0.15) is 39.0 Å². The molecule has 1 saturated heterocycles. The van der Waals surface area contributed by atoms with E-state index in [0.29, 0.717) is 0 Å². The summed E-state index contributed by atoms with van der Waals surface area (Å²) in [5.74, 6) is 0. The number of hydrogen-bond acceptors (Lipinski definition) is 3. The highest BCUT2D eigenvalue weighted by Crippen LogP contribution is 1.98. The minimum atomic E-state index is 0.921. The Morgan fingerprint density at radius 3 is 2.50 bits per heavy atom. The van der Waals surface area contributed by atoms with E-state index in [4.69, 9.17) is 4.74 Å². The largest absolute Gasteiger partial charge is 0.379 e. The Labute approximate surface area is 101 Å². The lowest BCUT2D eigenvalue weighted by molar-refractivity contribution is 0.0374. The van der Waals surface area contributed by atoms with Crippen LogP contribution in [0.4, 0.5) is 0 Å². The Bertz CT molecular complexity index is 147. The third kappa shape index (κ3) is 7.20. The van der Waals surface area contributed by atoms with Gasteiger partial charge in [-0.1, -0.05) is 26.2 Å². The van der Waals surface area contributed by atoms with Crippen molar-refractivity contribution in [1.29, 1.82) is 0 Å². The van der Waals surface area contributed by atoms with Gasteiger partial charge in [0.1, 0.15) is 0 Å². The first-order chi connectivity index (χ1) is 7.93. The van der Waals surface area contributed by atoms with Crippen molar-refractivity contribution in [3.05, 3.63) is 0 Å². The SMILES string of the molecule is CCCCCCNCCCN1CCOCC1. The van der Waals surface area contributed by atoms with E-state index in [0.717, 1.165) is 26.3 Å². The summed E-state index contributed by atoms with van der Waals surface area (Å²) in [6, 6.07) is 0. The zero-order valence-electron chi connectivity index (χ0n) is 10.8. The van der Waals surface area contributed by atoms with Crippen LogP contribution in [0.25, 0.3) is 0 Å². The normalized spacial score (nSPS) is 17.8. The second-order valence-corrected chi connectivity index (χ2v) is 4.62. The van der Waals surface area contributed by atoms with Crippen LogP contribution < -0.4 is 5.32 Å². The fraction of sp³-hybridized carbons (Fsp3) is 1.00. The molecule has 3 heteroatoms. The predicted octanol–water partition coefficient (Wildman–Crippen LogP) is 1.88. The van der Waals surface area contributed by atoms with Crippen LogP contribution in [0.3, 0.4) is 0 Å². The van der Waals surface area contributed by atoms with Crippen molar-refractivity contribution in [2.75, 3.05) is 45.9 Å². The molecule has 96 valence electrons. The lowest BCUT2D eigenvalue weighted by atomic mass is 10.2. The summed E-state index contributed by atoms with van der Waals surface area (Å²) >= 11 is 0. The highest BCUT2D eigenvalue weighted by Gasteiger charge is 2.08. The number of nitrogens with one attached hydrogen (secondary N) is 1. The second-order valence-electron chi connectivity index (χ2n) is 4.62. The van der Waals surface area contributed by atoms with Gasteiger partial charge in [0.25, 0.3) is 0 Å². The molecule has 1 heterocycles. The van der Waals surface area contributed by atoms with Crippen LogP contribution >= 0.6 is 0 Å². The van der Waals surface area contributed by atoms with E-state index < -0.39 is 0 Å². The molecule has 0 atom stereocenters. The number of morpholine rings is 1. The second kappa shape index (κ2) is 10.1. The number of nitrogens with zero attached hydrogens (tertiary/aromatic N) is 1. The molecule has 0 aromatic heterocycles. The van der Waals surface area contributed by atoms with Crippen molar-refractivity contribution in [1.82, 2.24) is 10.2 Å². The van der Waals surface area contributed by atoms with Gasteiger partial charge >= 0.3 is 0 Å². The topological polar surface area (TPSA) is 24.5 Å². The third-order valence-electron chi connectivity index (χ3n) is 3.14. The first-order valence-electron chi connectivity index (χ1n) is 6.94. The quantitative estimate of drug-likeness (QED) is 0.610. The van der Waals surface area contributed by atoms with Crippen LogP contribution in [0.5, 0.6) is 0 Å². The zero-order valence-corrected chi connectivity index (χ0v) is 10.8. The molecule has 16 heavy (non-hydrogen) atoms. The van der Waals surface area contributed by atoms with Gasteiger partial charge in [-0.2, -0.15) is 0 Å². The van der Waals surface area contributed by atoms with Crippen LogP contribution in [0.2, 0.25) is 0 Å². The van der Waals surface area contributed by atoms with E-state index in [1.54, 1.807) is 0 Å². The molecule has 0 unspecified atom stereocenters. The van der Waals surface area contributed by atoms with Gasteiger partial charge in [-0.05, 0) is 32.5 Å². The minimum absolute atomic E-state index is 0.921. The Balaban J connectivity index is 1.77. The molecule has 0 radical (unpaired) electrons. The van der Waals surface area contributed by atoms with Crippen LogP contribution in [-0.2, 0) is 4.74 Å². The van der Waals surface area contributed by atoms with Gasteiger partial charge < -0.3 is 10.1 Å². The maximum absolute atomic E-state index is 5.32. The molecule has 1 aliphatic rings. The molecular weight excluding hydrogens is 200 g/mol. The summed E-state index contributed by atoms with van der Waals surface area (Å²) in [5.41, 5.74) is 0. The van der Waals surface area contributed by atoms with Gasteiger partial charge in [0.15, 0.2) is 0 Å².